The minimum absolute atomic E-state index is 0.0000554. The summed E-state index contributed by atoms with van der Waals surface area (Å²) in [5.74, 6) is -1.85. The van der Waals surface area contributed by atoms with Crippen molar-refractivity contribution in [2.75, 3.05) is 49.9 Å². The highest BCUT2D eigenvalue weighted by Crippen LogP contribution is 2.37. The van der Waals surface area contributed by atoms with Crippen LogP contribution in [0.25, 0.3) is 0 Å². The number of anilines is 2. The maximum absolute atomic E-state index is 14.7. The van der Waals surface area contributed by atoms with Crippen LogP contribution in [0.5, 0.6) is 0 Å². The first-order valence-corrected chi connectivity index (χ1v) is 16.6. The lowest BCUT2D eigenvalue weighted by Crippen LogP contribution is -2.72. The average Bonchev–Trinajstić information content (AvgIpc) is 3.01. The summed E-state index contributed by atoms with van der Waals surface area (Å²) in [5.41, 5.74) is 2.83. The normalized spacial score (nSPS) is 14.6. The molecule has 2 unspecified atom stereocenters. The molecule has 3 rings (SSSR count). The predicted octanol–water partition coefficient (Wildman–Crippen LogP) is 3.81. The number of carbonyl (C=O) groups excluding carboxylic acids is 2. The van der Waals surface area contributed by atoms with Crippen molar-refractivity contribution in [3.8, 4) is 0 Å². The summed E-state index contributed by atoms with van der Waals surface area (Å²) in [6, 6.07) is 11.0. The van der Waals surface area contributed by atoms with E-state index in [9.17, 15) is 9.59 Å². The Hall–Kier alpha value is -2.86. The predicted molar refractivity (Wildman–Crippen MR) is 183 cm³/mol. The van der Waals surface area contributed by atoms with Crippen LogP contribution in [0, 0.1) is 0 Å². The van der Waals surface area contributed by atoms with Gasteiger partial charge in [0.15, 0.2) is 23.1 Å². The monoisotopic (exact) mass is 608 g/mol. The van der Waals surface area contributed by atoms with Gasteiger partial charge < -0.3 is 21.3 Å². The van der Waals surface area contributed by atoms with E-state index in [0.717, 1.165) is 25.9 Å². The third-order valence-electron chi connectivity index (χ3n) is 8.32. The summed E-state index contributed by atoms with van der Waals surface area (Å²) in [5, 5.41) is 29.0. The van der Waals surface area contributed by atoms with E-state index in [1.807, 2.05) is 24.3 Å². The van der Waals surface area contributed by atoms with E-state index in [0.29, 0.717) is 59.8 Å². The van der Waals surface area contributed by atoms with Crippen molar-refractivity contribution < 1.29 is 9.59 Å². The number of ketones is 2. The molecular formula is C34H56N8O2. The first-order valence-electron chi connectivity index (χ1n) is 16.6. The van der Waals surface area contributed by atoms with E-state index in [1.54, 1.807) is 12.1 Å². The van der Waals surface area contributed by atoms with Crippen LogP contribution in [0.1, 0.15) is 100 Å². The molecule has 2 aromatic rings. The number of nitrogens with one attached hydrogen (secondary N) is 8. The molecule has 0 spiro atoms. The molecular weight excluding hydrogens is 552 g/mol. The average molecular weight is 609 g/mol. The smallest absolute Gasteiger partial charge is 0.198 e. The Balaban J connectivity index is 2.20. The van der Waals surface area contributed by atoms with Gasteiger partial charge in [-0.3, -0.25) is 30.9 Å². The zero-order valence-electron chi connectivity index (χ0n) is 28.1. The maximum Gasteiger partial charge on any atom is 0.198 e. The van der Waals surface area contributed by atoms with Gasteiger partial charge >= 0.3 is 0 Å². The van der Waals surface area contributed by atoms with Crippen molar-refractivity contribution in [2.24, 2.45) is 0 Å². The lowest BCUT2D eigenvalue weighted by molar-refractivity contribution is 0.0979. The summed E-state index contributed by atoms with van der Waals surface area (Å²) < 4.78 is 0. The summed E-state index contributed by atoms with van der Waals surface area (Å²) in [6.07, 6.45) is 1.67. The van der Waals surface area contributed by atoms with Crippen molar-refractivity contribution in [3.05, 3.63) is 58.7 Å². The highest BCUT2D eigenvalue weighted by atomic mass is 16.1. The molecule has 0 saturated heterocycles. The molecule has 0 heterocycles. The summed E-state index contributed by atoms with van der Waals surface area (Å²) >= 11 is 0. The Bertz CT molecular complexity index is 1150. The molecule has 0 saturated carbocycles. The van der Waals surface area contributed by atoms with Crippen LogP contribution in [0.3, 0.4) is 0 Å². The fourth-order valence-electron chi connectivity index (χ4n) is 6.66. The minimum Gasteiger partial charge on any atom is -0.353 e. The first-order chi connectivity index (χ1) is 21.3. The SMILES string of the molecule is CCNC(CC)C(NCC)(NCC)Nc1cccc2c1C(=O)c1c(NC(NCC)(NCC)C(CC)NCC)cccc1C2=O. The fraction of sp³-hybridized carbons (Fsp3) is 0.588. The molecule has 0 fully saturated rings. The molecule has 0 radical (unpaired) electrons. The minimum atomic E-state index is -0.754. The number of carbonyl (C=O) groups is 2. The Kier molecular flexibility index (Phi) is 13.3. The Morgan fingerprint density at radius 3 is 1.18 bits per heavy atom. The van der Waals surface area contributed by atoms with Crippen LogP contribution in [-0.4, -0.2) is 74.5 Å². The molecule has 1 aliphatic carbocycles. The van der Waals surface area contributed by atoms with E-state index in [-0.39, 0.29) is 23.7 Å². The maximum atomic E-state index is 14.7. The highest BCUT2D eigenvalue weighted by Gasteiger charge is 2.42. The van der Waals surface area contributed by atoms with Crippen LogP contribution in [0.15, 0.2) is 36.4 Å². The van der Waals surface area contributed by atoms with Crippen molar-refractivity contribution in [1.29, 1.82) is 0 Å². The van der Waals surface area contributed by atoms with Gasteiger partial charge in [0.1, 0.15) is 0 Å². The molecule has 10 heteroatoms. The van der Waals surface area contributed by atoms with Gasteiger partial charge in [-0.1, -0.05) is 79.7 Å². The zero-order valence-corrected chi connectivity index (χ0v) is 28.1. The third-order valence-corrected chi connectivity index (χ3v) is 8.32. The molecule has 2 atom stereocenters. The van der Waals surface area contributed by atoms with Gasteiger partial charge in [-0.25, -0.2) is 0 Å². The fourth-order valence-corrected chi connectivity index (χ4v) is 6.66. The van der Waals surface area contributed by atoms with Crippen LogP contribution < -0.4 is 42.5 Å². The van der Waals surface area contributed by atoms with Crippen molar-refractivity contribution in [2.45, 2.75) is 91.9 Å². The molecule has 0 aromatic heterocycles. The second-order valence-electron chi connectivity index (χ2n) is 11.1. The molecule has 244 valence electrons. The second kappa shape index (κ2) is 16.5. The van der Waals surface area contributed by atoms with Gasteiger partial charge in [-0.05, 0) is 64.2 Å². The van der Waals surface area contributed by atoms with Crippen LogP contribution >= 0.6 is 0 Å². The Morgan fingerprint density at radius 2 is 0.886 bits per heavy atom. The number of fused-ring (bicyclic) bond motifs is 2. The molecule has 0 aliphatic heterocycles. The topological polar surface area (TPSA) is 130 Å². The number of hydrogen-bond acceptors (Lipinski definition) is 10. The van der Waals surface area contributed by atoms with E-state index in [1.165, 1.54) is 0 Å². The van der Waals surface area contributed by atoms with E-state index in [2.05, 4.69) is 97.9 Å². The number of rotatable bonds is 20. The molecule has 44 heavy (non-hydrogen) atoms. The molecule has 10 nitrogen and oxygen atoms in total. The lowest BCUT2D eigenvalue weighted by Gasteiger charge is -2.44. The van der Waals surface area contributed by atoms with Gasteiger partial charge in [0.05, 0.1) is 23.2 Å². The van der Waals surface area contributed by atoms with E-state index in [4.69, 9.17) is 0 Å². The molecule has 0 amide bonds. The van der Waals surface area contributed by atoms with Crippen LogP contribution in [-0.2, 0) is 0 Å². The molecule has 0 bridgehead atoms. The van der Waals surface area contributed by atoms with Crippen molar-refractivity contribution in [3.63, 3.8) is 0 Å². The largest absolute Gasteiger partial charge is 0.353 e. The van der Waals surface area contributed by atoms with Gasteiger partial charge in [0, 0.05) is 22.5 Å². The number of benzene rings is 2. The number of hydrogen-bond donors (Lipinski definition) is 8. The van der Waals surface area contributed by atoms with Crippen molar-refractivity contribution >= 4 is 22.9 Å². The quantitative estimate of drug-likeness (QED) is 0.0897. The molecule has 2 aromatic carbocycles. The van der Waals surface area contributed by atoms with Gasteiger partial charge in [0.25, 0.3) is 0 Å². The standard InChI is InChI=1S/C34H56N8O2/c1-9-27(35-11-3)33(37-13-5,38-14-6)41-25-21-17-19-23-29(25)32(44)30-24(31(23)43)20-18-22-26(30)42-34(39-15-7,40-16-8)28(10-2)36-12-4/h17-22,27-28,35-42H,9-16H2,1-8H3. The summed E-state index contributed by atoms with van der Waals surface area (Å²) in [4.78, 5) is 28.8. The Morgan fingerprint density at radius 1 is 0.523 bits per heavy atom. The van der Waals surface area contributed by atoms with Gasteiger partial charge in [0.2, 0.25) is 0 Å². The lowest BCUT2D eigenvalue weighted by atomic mass is 9.82. The zero-order chi connectivity index (χ0) is 32.3. The van der Waals surface area contributed by atoms with Gasteiger partial charge in [-0.15, -0.1) is 0 Å². The summed E-state index contributed by atoms with van der Waals surface area (Å²) in [7, 11) is 0. The number of likely N-dealkylation sites (N-methyl/N-ethyl adjacent to an activating group) is 6. The third kappa shape index (κ3) is 7.17. The van der Waals surface area contributed by atoms with Crippen LogP contribution in [0.4, 0.5) is 11.4 Å². The Labute approximate surface area is 264 Å². The molecule has 8 N–H and O–H groups in total. The van der Waals surface area contributed by atoms with E-state index >= 15 is 0 Å². The molecule has 1 aliphatic rings. The second-order valence-corrected chi connectivity index (χ2v) is 11.1. The first kappa shape index (κ1) is 35.6. The van der Waals surface area contributed by atoms with Gasteiger partial charge in [-0.2, -0.15) is 0 Å². The van der Waals surface area contributed by atoms with Crippen molar-refractivity contribution in [1.82, 2.24) is 31.9 Å². The van der Waals surface area contributed by atoms with E-state index < -0.39 is 11.6 Å². The highest BCUT2D eigenvalue weighted by molar-refractivity contribution is 6.31. The van der Waals surface area contributed by atoms with Crippen LogP contribution in [0.2, 0.25) is 0 Å². The summed E-state index contributed by atoms with van der Waals surface area (Å²) in [6.45, 7) is 21.1.